The van der Waals surface area contributed by atoms with Gasteiger partial charge in [0, 0.05) is 5.92 Å². The van der Waals surface area contributed by atoms with Gasteiger partial charge in [0.25, 0.3) is 0 Å². The second-order valence-corrected chi connectivity index (χ2v) is 5.66. The van der Waals surface area contributed by atoms with Crippen molar-refractivity contribution in [1.29, 1.82) is 0 Å². The van der Waals surface area contributed by atoms with Gasteiger partial charge in [-0.05, 0) is 25.7 Å². The fraction of sp³-hybridized carbons (Fsp3) is 0.857. The summed E-state index contributed by atoms with van der Waals surface area (Å²) >= 11 is 0. The molecule has 1 saturated carbocycles. The maximum Gasteiger partial charge on any atom is 0.309 e. The molecule has 0 aromatic rings. The third-order valence-electron chi connectivity index (χ3n) is 4.25. The number of hydrogen-bond acceptors (Lipinski definition) is 4. The first-order chi connectivity index (χ1) is 8.52. The van der Waals surface area contributed by atoms with Gasteiger partial charge in [0.05, 0.1) is 11.8 Å². The lowest BCUT2D eigenvalue weighted by molar-refractivity contribution is -0.168. The Morgan fingerprint density at radius 2 is 2.22 bits per heavy atom. The van der Waals surface area contributed by atoms with Crippen molar-refractivity contribution in [3.05, 3.63) is 0 Å². The largest absolute Gasteiger partial charge is 0.458 e. The lowest BCUT2D eigenvalue weighted by atomic mass is 9.93. The predicted molar refractivity (Wildman–Crippen MR) is 65.7 cm³/mol. The van der Waals surface area contributed by atoms with Crippen LogP contribution in [0.4, 0.5) is 0 Å². The first kappa shape index (κ1) is 13.4. The van der Waals surface area contributed by atoms with Crippen LogP contribution in [0, 0.1) is 17.8 Å². The molecule has 1 aliphatic heterocycles. The van der Waals surface area contributed by atoms with Crippen LogP contribution in [-0.4, -0.2) is 24.1 Å². The van der Waals surface area contributed by atoms with Crippen LogP contribution >= 0.6 is 0 Å². The van der Waals surface area contributed by atoms with Crippen molar-refractivity contribution < 1.29 is 19.1 Å². The molecule has 2 bridgehead atoms. The van der Waals surface area contributed by atoms with E-state index in [4.69, 9.17) is 9.47 Å². The van der Waals surface area contributed by atoms with Gasteiger partial charge in [0.2, 0.25) is 0 Å². The van der Waals surface area contributed by atoms with Crippen molar-refractivity contribution in [3.63, 3.8) is 0 Å². The fourth-order valence-electron chi connectivity index (χ4n) is 2.79. The Morgan fingerprint density at radius 3 is 2.89 bits per heavy atom. The molecular weight excluding hydrogens is 232 g/mol. The number of rotatable bonds is 3. The summed E-state index contributed by atoms with van der Waals surface area (Å²) in [6.45, 7) is 5.72. The van der Waals surface area contributed by atoms with E-state index >= 15 is 0 Å². The molecule has 18 heavy (non-hydrogen) atoms. The molecule has 0 N–H and O–H groups in total. The first-order valence-electron chi connectivity index (χ1n) is 6.93. The van der Waals surface area contributed by atoms with Crippen LogP contribution in [0.1, 0.15) is 46.5 Å². The molecule has 1 saturated heterocycles. The maximum absolute atomic E-state index is 11.9. The van der Waals surface area contributed by atoms with Crippen LogP contribution < -0.4 is 0 Å². The maximum atomic E-state index is 11.9. The molecule has 2 fully saturated rings. The summed E-state index contributed by atoms with van der Waals surface area (Å²) in [4.78, 5) is 23.5. The van der Waals surface area contributed by atoms with Gasteiger partial charge in [-0.25, -0.2) is 0 Å². The van der Waals surface area contributed by atoms with Gasteiger partial charge in [-0.1, -0.05) is 20.8 Å². The zero-order chi connectivity index (χ0) is 13.3. The molecule has 0 amide bonds. The molecular formula is C14H22O4. The van der Waals surface area contributed by atoms with Crippen LogP contribution in [0.5, 0.6) is 0 Å². The fourth-order valence-corrected chi connectivity index (χ4v) is 2.79. The van der Waals surface area contributed by atoms with Crippen LogP contribution in [0.2, 0.25) is 0 Å². The van der Waals surface area contributed by atoms with E-state index in [1.165, 1.54) is 0 Å². The Labute approximate surface area is 108 Å². The number of carbonyl (C=O) groups is 2. The third kappa shape index (κ3) is 2.52. The molecule has 2 aliphatic rings. The number of carbonyl (C=O) groups excluding carboxylic acids is 2. The zero-order valence-corrected chi connectivity index (χ0v) is 11.3. The van der Waals surface area contributed by atoms with Gasteiger partial charge in [0.15, 0.2) is 0 Å². The van der Waals surface area contributed by atoms with Crippen LogP contribution in [0.3, 0.4) is 0 Å². The number of fused-ring (bicyclic) bond motifs is 2. The molecule has 1 heterocycles. The molecule has 5 unspecified atom stereocenters. The van der Waals surface area contributed by atoms with Crippen LogP contribution in [-0.2, 0) is 19.1 Å². The van der Waals surface area contributed by atoms with E-state index < -0.39 is 0 Å². The molecule has 5 atom stereocenters. The van der Waals surface area contributed by atoms with E-state index in [0.717, 1.165) is 25.7 Å². The molecule has 0 aromatic heterocycles. The van der Waals surface area contributed by atoms with Gasteiger partial charge in [-0.3, -0.25) is 9.59 Å². The average molecular weight is 254 g/mol. The Hall–Kier alpha value is -1.06. The summed E-state index contributed by atoms with van der Waals surface area (Å²) < 4.78 is 11.0. The van der Waals surface area contributed by atoms with Gasteiger partial charge < -0.3 is 9.47 Å². The van der Waals surface area contributed by atoms with E-state index in [-0.39, 0.29) is 41.9 Å². The average Bonchev–Trinajstić information content (AvgIpc) is 2.65. The van der Waals surface area contributed by atoms with Crippen LogP contribution in [0.25, 0.3) is 0 Å². The Kier molecular flexibility index (Phi) is 3.93. The summed E-state index contributed by atoms with van der Waals surface area (Å²) in [6.07, 6.45) is 2.91. The van der Waals surface area contributed by atoms with E-state index in [0.29, 0.717) is 0 Å². The lowest BCUT2D eigenvalue weighted by Gasteiger charge is -2.23. The van der Waals surface area contributed by atoms with Gasteiger partial charge >= 0.3 is 11.9 Å². The first-order valence-corrected chi connectivity index (χ1v) is 6.93. The highest BCUT2D eigenvalue weighted by atomic mass is 16.6. The highest BCUT2D eigenvalue weighted by Gasteiger charge is 2.46. The summed E-state index contributed by atoms with van der Waals surface area (Å²) in [5.41, 5.74) is 0. The van der Waals surface area contributed by atoms with Gasteiger partial charge in [-0.15, -0.1) is 0 Å². The second-order valence-electron chi connectivity index (χ2n) is 5.66. The normalized spacial score (nSPS) is 36.7. The second kappa shape index (κ2) is 5.29. The minimum absolute atomic E-state index is 0.0786. The Balaban J connectivity index is 2.04. The zero-order valence-electron chi connectivity index (χ0n) is 11.3. The van der Waals surface area contributed by atoms with Crippen molar-refractivity contribution >= 4 is 11.9 Å². The monoisotopic (exact) mass is 254 g/mol. The van der Waals surface area contributed by atoms with E-state index in [1.807, 2.05) is 20.8 Å². The molecule has 4 nitrogen and oxygen atoms in total. The van der Waals surface area contributed by atoms with E-state index in [1.54, 1.807) is 0 Å². The van der Waals surface area contributed by atoms with Crippen molar-refractivity contribution in [1.82, 2.24) is 0 Å². The molecule has 0 aromatic carbocycles. The summed E-state index contributed by atoms with van der Waals surface area (Å²) in [6, 6.07) is 0. The van der Waals surface area contributed by atoms with E-state index in [2.05, 4.69) is 0 Å². The number of hydrogen-bond donors (Lipinski definition) is 0. The van der Waals surface area contributed by atoms with Crippen LogP contribution in [0.15, 0.2) is 0 Å². The Morgan fingerprint density at radius 1 is 1.50 bits per heavy atom. The minimum Gasteiger partial charge on any atom is -0.458 e. The number of ether oxygens (including phenoxy) is 2. The topological polar surface area (TPSA) is 52.6 Å². The smallest absolute Gasteiger partial charge is 0.309 e. The summed E-state index contributed by atoms with van der Waals surface area (Å²) in [5, 5.41) is 0. The van der Waals surface area contributed by atoms with Crippen molar-refractivity contribution in [2.75, 3.05) is 0 Å². The molecule has 1 aliphatic carbocycles. The lowest BCUT2D eigenvalue weighted by Crippen LogP contribution is -2.33. The molecule has 102 valence electrons. The molecule has 2 rings (SSSR count). The van der Waals surface area contributed by atoms with Crippen molar-refractivity contribution in [2.45, 2.75) is 58.7 Å². The highest BCUT2D eigenvalue weighted by molar-refractivity contribution is 5.74. The predicted octanol–water partition coefficient (Wildman–Crippen LogP) is 2.31. The summed E-state index contributed by atoms with van der Waals surface area (Å²) in [5.74, 6) is -0.188. The summed E-state index contributed by atoms with van der Waals surface area (Å²) in [7, 11) is 0. The number of esters is 2. The van der Waals surface area contributed by atoms with Gasteiger partial charge in [-0.2, -0.15) is 0 Å². The molecule has 4 heteroatoms. The SMILES string of the molecule is CCC(C)C(=O)OC1C2CCC1OC(=O)C(C)C2. The highest BCUT2D eigenvalue weighted by Crippen LogP contribution is 2.39. The Bertz CT molecular complexity index is 339. The minimum atomic E-state index is -0.222. The molecule has 0 spiro atoms. The molecule has 0 radical (unpaired) electrons. The third-order valence-corrected chi connectivity index (χ3v) is 4.25. The van der Waals surface area contributed by atoms with Crippen molar-refractivity contribution in [2.24, 2.45) is 17.8 Å². The van der Waals surface area contributed by atoms with Gasteiger partial charge in [0.1, 0.15) is 12.2 Å². The van der Waals surface area contributed by atoms with Crippen molar-refractivity contribution in [3.8, 4) is 0 Å². The van der Waals surface area contributed by atoms with E-state index in [9.17, 15) is 9.59 Å². The standard InChI is InChI=1S/C14H22O4/c1-4-8(2)13(15)18-12-10-5-6-11(12)17-14(16)9(3)7-10/h8-12H,4-7H2,1-3H3. The quantitative estimate of drug-likeness (QED) is 0.725.